The molecule has 4 aromatic rings. The first-order valence-corrected chi connectivity index (χ1v) is 11.5. The van der Waals surface area contributed by atoms with E-state index in [0.717, 1.165) is 11.1 Å². The van der Waals surface area contributed by atoms with Gasteiger partial charge in [-0.25, -0.2) is 4.79 Å². The molecule has 4 rings (SSSR count). The third-order valence-electron chi connectivity index (χ3n) is 5.68. The van der Waals surface area contributed by atoms with Crippen molar-refractivity contribution >= 4 is 23.3 Å². The van der Waals surface area contributed by atoms with E-state index in [1.807, 2.05) is 12.1 Å². The Balaban J connectivity index is 1.58. The number of para-hydroxylation sites is 1. The number of nitrogens with one attached hydrogen (secondary N) is 1. The van der Waals surface area contributed by atoms with Gasteiger partial charge < -0.3 is 15.8 Å². The summed E-state index contributed by atoms with van der Waals surface area (Å²) in [7, 11) is 0. The van der Waals surface area contributed by atoms with E-state index in [9.17, 15) is 19.7 Å². The maximum atomic E-state index is 12.9. The van der Waals surface area contributed by atoms with Crippen LogP contribution in [0.15, 0.2) is 91.3 Å². The summed E-state index contributed by atoms with van der Waals surface area (Å²) in [5, 5.41) is 14.1. The number of carbonyl (C=O) groups excluding carboxylic acids is 2. The molecule has 37 heavy (non-hydrogen) atoms. The number of rotatable bonds is 9. The second-order valence-corrected chi connectivity index (χ2v) is 8.14. The fraction of sp³-hybridized carbons (Fsp3) is 0.107. The van der Waals surface area contributed by atoms with Gasteiger partial charge in [0, 0.05) is 29.7 Å². The molecular weight excluding hydrogens is 472 g/mol. The quantitative estimate of drug-likeness (QED) is 0.193. The molecular formula is C28H24N4O5. The fourth-order valence-electron chi connectivity index (χ4n) is 3.85. The van der Waals surface area contributed by atoms with Crippen molar-refractivity contribution in [2.24, 2.45) is 5.73 Å². The molecule has 9 nitrogen and oxygen atoms in total. The fourth-order valence-corrected chi connectivity index (χ4v) is 3.85. The number of esters is 1. The first-order chi connectivity index (χ1) is 18.0. The Morgan fingerprint density at radius 1 is 0.919 bits per heavy atom. The van der Waals surface area contributed by atoms with Crippen LogP contribution in [0.4, 0.5) is 11.4 Å². The molecule has 9 heteroatoms. The summed E-state index contributed by atoms with van der Waals surface area (Å²) in [6.07, 6.45) is 3.76. The SMILES string of the molecule is NCCc1ccc(C(=O)Nc2ccncc2)cc1-c1cccc(C(=O)OCc2ccccc2[N+](=O)[O-])c1. The molecule has 3 aromatic carbocycles. The predicted octanol–water partition coefficient (Wildman–Crippen LogP) is 4.77. The lowest BCUT2D eigenvalue weighted by molar-refractivity contribution is -0.385. The first-order valence-electron chi connectivity index (χ1n) is 11.5. The molecule has 0 atom stereocenters. The van der Waals surface area contributed by atoms with E-state index >= 15 is 0 Å². The Hall–Kier alpha value is -4.89. The molecule has 186 valence electrons. The second kappa shape index (κ2) is 11.7. The van der Waals surface area contributed by atoms with E-state index in [1.54, 1.807) is 73.1 Å². The van der Waals surface area contributed by atoms with Gasteiger partial charge in [0.1, 0.15) is 6.61 Å². The van der Waals surface area contributed by atoms with Crippen molar-refractivity contribution in [1.29, 1.82) is 0 Å². The van der Waals surface area contributed by atoms with Crippen LogP contribution in [-0.4, -0.2) is 28.3 Å². The maximum absolute atomic E-state index is 12.9. The lowest BCUT2D eigenvalue weighted by Gasteiger charge is -2.13. The normalized spacial score (nSPS) is 10.5. The zero-order valence-corrected chi connectivity index (χ0v) is 19.8. The van der Waals surface area contributed by atoms with Gasteiger partial charge in [-0.2, -0.15) is 0 Å². The number of amides is 1. The zero-order valence-electron chi connectivity index (χ0n) is 19.8. The summed E-state index contributed by atoms with van der Waals surface area (Å²) in [5.74, 6) is -0.904. The predicted molar refractivity (Wildman–Crippen MR) is 139 cm³/mol. The summed E-state index contributed by atoms with van der Waals surface area (Å²) >= 11 is 0. The van der Waals surface area contributed by atoms with Crippen LogP contribution < -0.4 is 11.1 Å². The number of carbonyl (C=O) groups is 2. The first kappa shape index (κ1) is 25.2. The van der Waals surface area contributed by atoms with Gasteiger partial charge in [-0.15, -0.1) is 0 Å². The van der Waals surface area contributed by atoms with Gasteiger partial charge in [0.15, 0.2) is 0 Å². The van der Waals surface area contributed by atoms with Crippen LogP contribution in [0.2, 0.25) is 0 Å². The number of nitrogens with two attached hydrogens (primary N) is 1. The van der Waals surface area contributed by atoms with Crippen molar-refractivity contribution in [2.75, 3.05) is 11.9 Å². The average Bonchev–Trinajstić information content (AvgIpc) is 2.92. The van der Waals surface area contributed by atoms with Gasteiger partial charge in [-0.05, 0) is 72.1 Å². The largest absolute Gasteiger partial charge is 0.457 e. The standard InChI is InChI=1S/C28H24N4O5/c29-13-10-19-8-9-21(27(33)31-24-11-14-30-15-12-24)17-25(19)20-5-3-6-22(16-20)28(34)37-18-23-4-1-2-7-26(23)32(35)36/h1-9,11-12,14-17H,10,13,18,29H2,(H,30,31,33). The number of nitrogens with zero attached hydrogens (tertiary/aromatic N) is 2. The van der Waals surface area contributed by atoms with E-state index in [0.29, 0.717) is 35.3 Å². The smallest absolute Gasteiger partial charge is 0.338 e. The average molecular weight is 497 g/mol. The molecule has 0 aliphatic heterocycles. The van der Waals surface area contributed by atoms with E-state index in [-0.39, 0.29) is 23.8 Å². The molecule has 1 heterocycles. The van der Waals surface area contributed by atoms with Crippen LogP contribution in [0.25, 0.3) is 11.1 Å². The minimum Gasteiger partial charge on any atom is -0.457 e. The number of anilines is 1. The topological polar surface area (TPSA) is 137 Å². The lowest BCUT2D eigenvalue weighted by atomic mass is 9.94. The lowest BCUT2D eigenvalue weighted by Crippen LogP contribution is -2.13. The minimum absolute atomic E-state index is 0.114. The van der Waals surface area contributed by atoms with Gasteiger partial charge in [0.25, 0.3) is 11.6 Å². The van der Waals surface area contributed by atoms with Crippen LogP contribution >= 0.6 is 0 Å². The molecule has 0 aliphatic carbocycles. The highest BCUT2D eigenvalue weighted by atomic mass is 16.6. The van der Waals surface area contributed by atoms with Crippen LogP contribution in [0.5, 0.6) is 0 Å². The second-order valence-electron chi connectivity index (χ2n) is 8.14. The molecule has 3 N–H and O–H groups in total. The molecule has 0 fully saturated rings. The van der Waals surface area contributed by atoms with Crippen LogP contribution in [0.1, 0.15) is 31.8 Å². The van der Waals surface area contributed by atoms with Crippen LogP contribution in [0.3, 0.4) is 0 Å². The summed E-state index contributed by atoms with van der Waals surface area (Å²) in [6.45, 7) is 0.177. The van der Waals surface area contributed by atoms with Gasteiger partial charge in [-0.1, -0.05) is 30.3 Å². The molecule has 0 saturated carbocycles. The van der Waals surface area contributed by atoms with Crippen LogP contribution in [-0.2, 0) is 17.8 Å². The molecule has 0 radical (unpaired) electrons. The van der Waals surface area contributed by atoms with Crippen molar-refractivity contribution in [3.8, 4) is 11.1 Å². The summed E-state index contributed by atoms with van der Waals surface area (Å²) in [5.41, 5.74) is 9.74. The van der Waals surface area contributed by atoms with E-state index in [4.69, 9.17) is 10.5 Å². The van der Waals surface area contributed by atoms with E-state index < -0.39 is 10.9 Å². The Morgan fingerprint density at radius 2 is 1.70 bits per heavy atom. The molecule has 1 aromatic heterocycles. The van der Waals surface area contributed by atoms with Gasteiger partial charge >= 0.3 is 5.97 Å². The van der Waals surface area contributed by atoms with Crippen molar-refractivity contribution < 1.29 is 19.2 Å². The number of nitro benzene ring substituents is 1. The zero-order chi connectivity index (χ0) is 26.2. The van der Waals surface area contributed by atoms with Crippen molar-refractivity contribution in [1.82, 2.24) is 4.98 Å². The van der Waals surface area contributed by atoms with Gasteiger partial charge in [-0.3, -0.25) is 19.9 Å². The summed E-state index contributed by atoms with van der Waals surface area (Å²) in [6, 6.07) is 21.7. The third kappa shape index (κ3) is 6.22. The summed E-state index contributed by atoms with van der Waals surface area (Å²) in [4.78, 5) is 40.3. The van der Waals surface area contributed by atoms with Gasteiger partial charge in [0.2, 0.25) is 0 Å². The number of nitro groups is 1. The van der Waals surface area contributed by atoms with Crippen molar-refractivity contribution in [3.63, 3.8) is 0 Å². The Bertz CT molecular complexity index is 1440. The number of hydrogen-bond acceptors (Lipinski definition) is 7. The molecule has 0 saturated heterocycles. The van der Waals surface area contributed by atoms with Crippen molar-refractivity contribution in [2.45, 2.75) is 13.0 Å². The molecule has 0 spiro atoms. The minimum atomic E-state index is -0.619. The van der Waals surface area contributed by atoms with Crippen molar-refractivity contribution in [3.05, 3.63) is 124 Å². The Labute approximate surface area is 213 Å². The van der Waals surface area contributed by atoms with Gasteiger partial charge in [0.05, 0.1) is 16.1 Å². The van der Waals surface area contributed by atoms with Crippen LogP contribution in [0, 0.1) is 10.1 Å². The maximum Gasteiger partial charge on any atom is 0.338 e. The highest BCUT2D eigenvalue weighted by Gasteiger charge is 2.17. The highest BCUT2D eigenvalue weighted by molar-refractivity contribution is 6.05. The summed E-state index contributed by atoms with van der Waals surface area (Å²) < 4.78 is 5.37. The van der Waals surface area contributed by atoms with E-state index in [1.165, 1.54) is 6.07 Å². The highest BCUT2D eigenvalue weighted by Crippen LogP contribution is 2.28. The number of hydrogen-bond donors (Lipinski definition) is 2. The monoisotopic (exact) mass is 496 g/mol. The Kier molecular flexibility index (Phi) is 7.97. The van der Waals surface area contributed by atoms with E-state index in [2.05, 4.69) is 10.3 Å². The molecule has 0 aliphatic rings. The molecule has 1 amide bonds. The number of aromatic nitrogens is 1. The number of benzene rings is 3. The molecule has 0 unspecified atom stereocenters. The Morgan fingerprint density at radius 3 is 2.46 bits per heavy atom. The third-order valence-corrected chi connectivity index (χ3v) is 5.68. The number of ether oxygens (including phenoxy) is 1. The molecule has 0 bridgehead atoms. The number of pyridine rings is 1.